The molecule has 0 bridgehead atoms. The molecule has 0 radical (unpaired) electrons. The zero-order valence-corrected chi connectivity index (χ0v) is 17.1. The Kier molecular flexibility index (Phi) is 4.80. The summed E-state index contributed by atoms with van der Waals surface area (Å²) >= 11 is 0. The van der Waals surface area contributed by atoms with Crippen LogP contribution in [-0.2, 0) is 6.42 Å². The molecule has 154 valence electrons. The van der Waals surface area contributed by atoms with Crippen molar-refractivity contribution in [1.82, 2.24) is 4.57 Å². The van der Waals surface area contributed by atoms with Gasteiger partial charge < -0.3 is 9.88 Å². The Hall–Kier alpha value is -3.28. The van der Waals surface area contributed by atoms with Gasteiger partial charge in [0.1, 0.15) is 11.6 Å². The van der Waals surface area contributed by atoms with E-state index in [1.165, 1.54) is 6.07 Å². The molecule has 2 aromatic carbocycles. The maximum Gasteiger partial charge on any atom is 0.255 e. The van der Waals surface area contributed by atoms with Crippen molar-refractivity contribution < 1.29 is 18.4 Å². The Balaban J connectivity index is 1.62. The number of hydrogen-bond acceptors (Lipinski definition) is 2. The van der Waals surface area contributed by atoms with Crippen LogP contribution in [-0.4, -0.2) is 16.3 Å². The SMILES string of the molecule is Cc1cc2c(n1-c1ccc(C(=O)Nc3ccc(F)cc3F)cc1)CC(C)(C)CC2=O. The lowest BCUT2D eigenvalue weighted by Crippen LogP contribution is -2.27. The molecule has 0 spiro atoms. The Morgan fingerprint density at radius 3 is 2.40 bits per heavy atom. The van der Waals surface area contributed by atoms with Crippen molar-refractivity contribution in [2.45, 2.75) is 33.6 Å². The fourth-order valence-corrected chi connectivity index (χ4v) is 4.06. The highest BCUT2D eigenvalue weighted by Crippen LogP contribution is 2.37. The Bertz CT molecular complexity index is 1160. The van der Waals surface area contributed by atoms with Crippen molar-refractivity contribution in [1.29, 1.82) is 0 Å². The quantitative estimate of drug-likeness (QED) is 0.625. The lowest BCUT2D eigenvalue weighted by atomic mass is 9.76. The van der Waals surface area contributed by atoms with E-state index in [9.17, 15) is 18.4 Å². The van der Waals surface area contributed by atoms with Crippen LogP contribution in [0, 0.1) is 24.0 Å². The summed E-state index contributed by atoms with van der Waals surface area (Å²) in [5.41, 5.74) is 3.71. The number of halogens is 2. The molecule has 30 heavy (non-hydrogen) atoms. The van der Waals surface area contributed by atoms with Crippen molar-refractivity contribution in [2.75, 3.05) is 5.32 Å². The number of amides is 1. The fourth-order valence-electron chi connectivity index (χ4n) is 4.06. The van der Waals surface area contributed by atoms with E-state index >= 15 is 0 Å². The first kappa shape index (κ1) is 20.0. The molecule has 0 saturated carbocycles. The number of aryl methyl sites for hydroxylation is 1. The molecule has 0 aliphatic heterocycles. The molecular formula is C24H22F2N2O2. The molecule has 0 atom stereocenters. The van der Waals surface area contributed by atoms with Gasteiger partial charge in [0, 0.05) is 40.7 Å². The van der Waals surface area contributed by atoms with E-state index in [4.69, 9.17) is 0 Å². The molecule has 3 aromatic rings. The molecule has 1 aliphatic carbocycles. The molecule has 0 saturated heterocycles. The number of benzene rings is 2. The highest BCUT2D eigenvalue weighted by atomic mass is 19.1. The summed E-state index contributed by atoms with van der Waals surface area (Å²) in [5.74, 6) is -1.88. The minimum absolute atomic E-state index is 0.0819. The number of carbonyl (C=O) groups excluding carboxylic acids is 2. The fraction of sp³-hybridized carbons (Fsp3) is 0.250. The number of fused-ring (bicyclic) bond motifs is 1. The third kappa shape index (κ3) is 3.65. The third-order valence-corrected chi connectivity index (χ3v) is 5.44. The first-order valence-electron chi connectivity index (χ1n) is 9.76. The summed E-state index contributed by atoms with van der Waals surface area (Å²) in [6.45, 7) is 6.13. The molecule has 4 rings (SSSR count). The van der Waals surface area contributed by atoms with Gasteiger partial charge in [-0.1, -0.05) is 13.8 Å². The smallest absolute Gasteiger partial charge is 0.255 e. The third-order valence-electron chi connectivity index (χ3n) is 5.44. The molecule has 1 amide bonds. The zero-order valence-electron chi connectivity index (χ0n) is 17.1. The van der Waals surface area contributed by atoms with Gasteiger partial charge in [0.2, 0.25) is 0 Å². The van der Waals surface area contributed by atoms with Crippen LogP contribution < -0.4 is 5.32 Å². The number of hydrogen-bond donors (Lipinski definition) is 1. The second-order valence-corrected chi connectivity index (χ2v) is 8.55. The highest BCUT2D eigenvalue weighted by Gasteiger charge is 2.34. The van der Waals surface area contributed by atoms with Crippen LogP contribution in [0.5, 0.6) is 0 Å². The maximum absolute atomic E-state index is 13.8. The number of nitrogens with one attached hydrogen (secondary N) is 1. The summed E-state index contributed by atoms with van der Waals surface area (Å²) in [4.78, 5) is 25.0. The summed E-state index contributed by atoms with van der Waals surface area (Å²) in [6, 6.07) is 11.8. The number of nitrogens with zero attached hydrogens (tertiary/aromatic N) is 1. The van der Waals surface area contributed by atoms with Gasteiger partial charge in [0.15, 0.2) is 5.78 Å². The molecule has 0 unspecified atom stereocenters. The number of ketones is 1. The van der Waals surface area contributed by atoms with Gasteiger partial charge >= 0.3 is 0 Å². The van der Waals surface area contributed by atoms with Crippen LogP contribution in [0.25, 0.3) is 5.69 Å². The predicted molar refractivity (Wildman–Crippen MR) is 111 cm³/mol. The number of rotatable bonds is 3. The summed E-state index contributed by atoms with van der Waals surface area (Å²) in [5, 5.41) is 2.45. The van der Waals surface area contributed by atoms with Crippen LogP contribution in [0.3, 0.4) is 0 Å². The standard InChI is InChI=1S/C24H22F2N2O2/c1-14-10-18-21(12-24(2,3)13-22(18)29)28(14)17-7-4-15(5-8-17)23(30)27-20-9-6-16(25)11-19(20)26/h4-11H,12-13H2,1-3H3,(H,27,30). The van der Waals surface area contributed by atoms with E-state index in [0.29, 0.717) is 12.0 Å². The molecule has 1 aromatic heterocycles. The van der Waals surface area contributed by atoms with Crippen molar-refractivity contribution in [3.8, 4) is 5.69 Å². The normalized spacial score (nSPS) is 15.0. The lowest BCUT2D eigenvalue weighted by Gasteiger charge is -2.29. The van der Waals surface area contributed by atoms with Crippen molar-refractivity contribution >= 4 is 17.4 Å². The first-order valence-corrected chi connectivity index (χ1v) is 9.76. The van der Waals surface area contributed by atoms with E-state index in [-0.39, 0.29) is 16.9 Å². The first-order chi connectivity index (χ1) is 14.1. The second-order valence-electron chi connectivity index (χ2n) is 8.55. The van der Waals surface area contributed by atoms with E-state index in [2.05, 4.69) is 23.7 Å². The Morgan fingerprint density at radius 1 is 1.03 bits per heavy atom. The van der Waals surface area contributed by atoms with Crippen molar-refractivity contribution in [3.05, 3.63) is 82.7 Å². The monoisotopic (exact) mass is 408 g/mol. The van der Waals surface area contributed by atoms with E-state index in [0.717, 1.165) is 41.2 Å². The lowest BCUT2D eigenvalue weighted by molar-refractivity contribution is 0.0910. The minimum Gasteiger partial charge on any atom is -0.319 e. The van der Waals surface area contributed by atoms with Crippen LogP contribution in [0.2, 0.25) is 0 Å². The van der Waals surface area contributed by atoms with Crippen LogP contribution >= 0.6 is 0 Å². The van der Waals surface area contributed by atoms with Crippen molar-refractivity contribution in [2.24, 2.45) is 5.41 Å². The van der Waals surface area contributed by atoms with E-state index in [1.807, 2.05) is 13.0 Å². The summed E-state index contributed by atoms with van der Waals surface area (Å²) < 4.78 is 28.9. The van der Waals surface area contributed by atoms with Crippen LogP contribution in [0.1, 0.15) is 52.4 Å². The largest absolute Gasteiger partial charge is 0.319 e. The van der Waals surface area contributed by atoms with Gasteiger partial charge in [-0.05, 0) is 61.2 Å². The second kappa shape index (κ2) is 7.20. The van der Waals surface area contributed by atoms with Gasteiger partial charge in [0.25, 0.3) is 5.91 Å². The predicted octanol–water partition coefficient (Wildman–Crippen LogP) is 5.47. The van der Waals surface area contributed by atoms with Gasteiger partial charge in [-0.15, -0.1) is 0 Å². The summed E-state index contributed by atoms with van der Waals surface area (Å²) in [6.07, 6.45) is 1.32. The minimum atomic E-state index is -0.832. The molecule has 1 aliphatic rings. The van der Waals surface area contributed by atoms with E-state index < -0.39 is 17.5 Å². The van der Waals surface area contributed by atoms with Gasteiger partial charge in [-0.25, -0.2) is 8.78 Å². The number of aromatic nitrogens is 1. The number of Topliss-reactive ketones (excluding diaryl/α,β-unsaturated/α-hetero) is 1. The molecule has 0 fully saturated rings. The average Bonchev–Trinajstić information content (AvgIpc) is 2.99. The van der Waals surface area contributed by atoms with Crippen LogP contribution in [0.15, 0.2) is 48.5 Å². The van der Waals surface area contributed by atoms with Gasteiger partial charge in [0.05, 0.1) is 5.69 Å². The maximum atomic E-state index is 13.8. The summed E-state index contributed by atoms with van der Waals surface area (Å²) in [7, 11) is 0. The van der Waals surface area contributed by atoms with Crippen LogP contribution in [0.4, 0.5) is 14.5 Å². The zero-order chi connectivity index (χ0) is 21.6. The topological polar surface area (TPSA) is 51.1 Å². The van der Waals surface area contributed by atoms with Crippen molar-refractivity contribution in [3.63, 3.8) is 0 Å². The molecule has 4 nitrogen and oxygen atoms in total. The van der Waals surface area contributed by atoms with Gasteiger partial charge in [-0.2, -0.15) is 0 Å². The highest BCUT2D eigenvalue weighted by molar-refractivity contribution is 6.04. The Labute approximate surface area is 173 Å². The molecular weight excluding hydrogens is 386 g/mol. The Morgan fingerprint density at radius 2 is 1.73 bits per heavy atom. The van der Waals surface area contributed by atoms with Gasteiger partial charge in [-0.3, -0.25) is 9.59 Å². The van der Waals surface area contributed by atoms with E-state index in [1.54, 1.807) is 24.3 Å². The molecule has 1 heterocycles. The molecule has 1 N–H and O–H groups in total. The average molecular weight is 408 g/mol. The molecule has 6 heteroatoms. The number of anilines is 1. The number of carbonyl (C=O) groups is 2.